The Hall–Kier alpha value is -0.810. The molecule has 0 amide bonds. The van der Waals surface area contributed by atoms with Gasteiger partial charge >= 0.3 is 5.97 Å². The van der Waals surface area contributed by atoms with Crippen molar-refractivity contribution in [2.75, 3.05) is 12.4 Å². The molecule has 2 atom stereocenters. The zero-order valence-electron chi connectivity index (χ0n) is 10.5. The number of anilines is 1. The highest BCUT2D eigenvalue weighted by atomic mass is 35.5. The van der Waals surface area contributed by atoms with Crippen LogP contribution < -0.4 is 5.32 Å². The first kappa shape index (κ1) is 13.6. The molecule has 0 saturated heterocycles. The van der Waals surface area contributed by atoms with Gasteiger partial charge in [-0.05, 0) is 18.8 Å². The molecule has 18 heavy (non-hydrogen) atoms. The standard InChI is InChI=1S/C12H17ClN2O2S/c1-7-4-3-5-8(6-7)14-12-15-10(13)9(18-12)11(16)17-2/h7-8H,3-6H2,1-2H3,(H,14,15). The Morgan fingerprint density at radius 1 is 1.56 bits per heavy atom. The SMILES string of the molecule is COC(=O)c1sc(NC2CCCC(C)C2)nc1Cl. The van der Waals surface area contributed by atoms with Crippen molar-refractivity contribution < 1.29 is 9.53 Å². The summed E-state index contributed by atoms with van der Waals surface area (Å²) in [5, 5.41) is 4.30. The van der Waals surface area contributed by atoms with Crippen molar-refractivity contribution in [1.29, 1.82) is 0 Å². The molecular weight excluding hydrogens is 272 g/mol. The van der Waals surface area contributed by atoms with Gasteiger partial charge in [0.1, 0.15) is 0 Å². The van der Waals surface area contributed by atoms with Gasteiger partial charge in [-0.15, -0.1) is 0 Å². The third-order valence-corrected chi connectivity index (χ3v) is 4.57. The van der Waals surface area contributed by atoms with Crippen molar-refractivity contribution in [2.24, 2.45) is 5.92 Å². The van der Waals surface area contributed by atoms with Crippen LogP contribution in [0, 0.1) is 5.92 Å². The van der Waals surface area contributed by atoms with Crippen molar-refractivity contribution in [1.82, 2.24) is 4.98 Å². The second-order valence-electron chi connectivity index (χ2n) is 4.74. The Morgan fingerprint density at radius 2 is 2.33 bits per heavy atom. The lowest BCUT2D eigenvalue weighted by Crippen LogP contribution is -2.26. The Labute approximate surface area is 116 Å². The maximum absolute atomic E-state index is 11.4. The van der Waals surface area contributed by atoms with Crippen LogP contribution in [-0.4, -0.2) is 24.1 Å². The van der Waals surface area contributed by atoms with Crippen molar-refractivity contribution in [3.63, 3.8) is 0 Å². The fraction of sp³-hybridized carbons (Fsp3) is 0.667. The quantitative estimate of drug-likeness (QED) is 0.864. The van der Waals surface area contributed by atoms with Crippen LogP contribution in [0.3, 0.4) is 0 Å². The van der Waals surface area contributed by atoms with Crippen molar-refractivity contribution in [3.8, 4) is 0 Å². The molecule has 4 nitrogen and oxygen atoms in total. The Bertz CT molecular complexity index is 436. The molecule has 0 aromatic carbocycles. The van der Waals surface area contributed by atoms with Gasteiger partial charge < -0.3 is 10.1 Å². The Balaban J connectivity index is 2.03. The highest BCUT2D eigenvalue weighted by Gasteiger charge is 2.22. The van der Waals surface area contributed by atoms with Crippen LogP contribution >= 0.6 is 22.9 Å². The van der Waals surface area contributed by atoms with E-state index < -0.39 is 5.97 Å². The summed E-state index contributed by atoms with van der Waals surface area (Å²) in [7, 11) is 1.34. The fourth-order valence-corrected chi connectivity index (χ4v) is 3.50. The number of carbonyl (C=O) groups excluding carboxylic acids is 1. The van der Waals surface area contributed by atoms with Gasteiger partial charge in [0.2, 0.25) is 0 Å². The number of hydrogen-bond donors (Lipinski definition) is 1. The Kier molecular flexibility index (Phi) is 4.45. The molecule has 1 aromatic rings. The highest BCUT2D eigenvalue weighted by Crippen LogP contribution is 2.31. The fourth-order valence-electron chi connectivity index (χ4n) is 2.32. The predicted octanol–water partition coefficient (Wildman–Crippen LogP) is 3.57. The van der Waals surface area contributed by atoms with Gasteiger partial charge in [0.05, 0.1) is 7.11 Å². The number of esters is 1. The summed E-state index contributed by atoms with van der Waals surface area (Å²) in [6.07, 6.45) is 4.83. The molecule has 100 valence electrons. The molecule has 1 heterocycles. The smallest absolute Gasteiger partial charge is 0.351 e. The predicted molar refractivity (Wildman–Crippen MR) is 73.5 cm³/mol. The minimum absolute atomic E-state index is 0.221. The van der Waals surface area contributed by atoms with Crippen molar-refractivity contribution in [2.45, 2.75) is 38.6 Å². The van der Waals surface area contributed by atoms with E-state index in [2.05, 4.69) is 22.0 Å². The first-order valence-electron chi connectivity index (χ1n) is 6.11. The van der Waals surface area contributed by atoms with E-state index in [4.69, 9.17) is 11.6 Å². The van der Waals surface area contributed by atoms with Gasteiger partial charge in [0.15, 0.2) is 15.2 Å². The molecule has 2 rings (SSSR count). The lowest BCUT2D eigenvalue weighted by molar-refractivity contribution is 0.0606. The molecule has 0 bridgehead atoms. The van der Waals surface area contributed by atoms with E-state index in [1.807, 2.05) is 0 Å². The number of aromatic nitrogens is 1. The number of carbonyl (C=O) groups is 1. The molecular formula is C12H17ClN2O2S. The first-order chi connectivity index (χ1) is 8.60. The summed E-state index contributed by atoms with van der Waals surface area (Å²) in [5.74, 6) is 0.314. The summed E-state index contributed by atoms with van der Waals surface area (Å²) in [5.41, 5.74) is 0. The molecule has 1 saturated carbocycles. The zero-order chi connectivity index (χ0) is 13.1. The van der Waals surface area contributed by atoms with Crippen LogP contribution in [0.1, 0.15) is 42.3 Å². The van der Waals surface area contributed by atoms with Crippen LogP contribution in [0.4, 0.5) is 5.13 Å². The summed E-state index contributed by atoms with van der Waals surface area (Å²) < 4.78 is 4.66. The molecule has 2 unspecified atom stereocenters. The average Bonchev–Trinajstić information content (AvgIpc) is 2.69. The number of rotatable bonds is 3. The van der Waals surface area contributed by atoms with E-state index in [0.29, 0.717) is 16.1 Å². The van der Waals surface area contributed by atoms with Gasteiger partial charge in [-0.1, -0.05) is 42.7 Å². The molecule has 1 aliphatic rings. The second-order valence-corrected chi connectivity index (χ2v) is 6.10. The third-order valence-electron chi connectivity index (χ3n) is 3.22. The van der Waals surface area contributed by atoms with Crippen molar-refractivity contribution >= 4 is 34.0 Å². The molecule has 0 radical (unpaired) electrons. The van der Waals surface area contributed by atoms with Crippen LogP contribution in [0.5, 0.6) is 0 Å². The lowest BCUT2D eigenvalue weighted by Gasteiger charge is -2.27. The maximum atomic E-state index is 11.4. The van der Waals surface area contributed by atoms with Crippen LogP contribution in [0.2, 0.25) is 5.15 Å². The number of ether oxygens (including phenoxy) is 1. The third kappa shape index (κ3) is 3.14. The van der Waals surface area contributed by atoms with Crippen LogP contribution in [0.25, 0.3) is 0 Å². The minimum atomic E-state index is -0.428. The Morgan fingerprint density at radius 3 is 3.00 bits per heavy atom. The lowest BCUT2D eigenvalue weighted by atomic mass is 9.87. The summed E-state index contributed by atoms with van der Waals surface area (Å²) in [6, 6.07) is 0.432. The number of methoxy groups -OCH3 is 1. The minimum Gasteiger partial charge on any atom is -0.465 e. The van der Waals surface area contributed by atoms with Crippen molar-refractivity contribution in [3.05, 3.63) is 10.0 Å². The molecule has 1 aromatic heterocycles. The van der Waals surface area contributed by atoms with E-state index in [1.54, 1.807) is 0 Å². The molecule has 1 aliphatic carbocycles. The van der Waals surface area contributed by atoms with Gasteiger partial charge in [-0.3, -0.25) is 0 Å². The van der Waals surface area contributed by atoms with Crippen LogP contribution in [0.15, 0.2) is 0 Å². The molecule has 0 aliphatic heterocycles. The van der Waals surface area contributed by atoms with Gasteiger partial charge in [0, 0.05) is 6.04 Å². The monoisotopic (exact) mass is 288 g/mol. The van der Waals surface area contributed by atoms with E-state index in [0.717, 1.165) is 18.8 Å². The number of nitrogens with zero attached hydrogens (tertiary/aromatic N) is 1. The number of thiazole rings is 1. The van der Waals surface area contributed by atoms with Gasteiger partial charge in [-0.25, -0.2) is 9.78 Å². The summed E-state index contributed by atoms with van der Waals surface area (Å²) in [6.45, 7) is 2.27. The molecule has 0 spiro atoms. The summed E-state index contributed by atoms with van der Waals surface area (Å²) in [4.78, 5) is 16.0. The zero-order valence-corrected chi connectivity index (χ0v) is 12.1. The second kappa shape index (κ2) is 5.89. The number of halogens is 1. The normalized spacial score (nSPS) is 23.7. The number of nitrogens with one attached hydrogen (secondary N) is 1. The molecule has 1 fully saturated rings. The average molecular weight is 289 g/mol. The maximum Gasteiger partial charge on any atom is 0.351 e. The highest BCUT2D eigenvalue weighted by molar-refractivity contribution is 7.18. The molecule has 6 heteroatoms. The molecule has 1 N–H and O–H groups in total. The van der Waals surface area contributed by atoms with E-state index >= 15 is 0 Å². The van der Waals surface area contributed by atoms with Gasteiger partial charge in [0.25, 0.3) is 0 Å². The first-order valence-corrected chi connectivity index (χ1v) is 7.30. The summed E-state index contributed by atoms with van der Waals surface area (Å²) >= 11 is 7.18. The topological polar surface area (TPSA) is 51.2 Å². The largest absolute Gasteiger partial charge is 0.465 e. The van der Waals surface area contributed by atoms with E-state index in [-0.39, 0.29) is 5.15 Å². The van der Waals surface area contributed by atoms with E-state index in [9.17, 15) is 4.79 Å². The van der Waals surface area contributed by atoms with Crippen LogP contribution in [-0.2, 0) is 4.74 Å². The van der Waals surface area contributed by atoms with E-state index in [1.165, 1.54) is 31.3 Å². The number of hydrogen-bond acceptors (Lipinski definition) is 5. The van der Waals surface area contributed by atoms with Gasteiger partial charge in [-0.2, -0.15) is 0 Å².